The van der Waals surface area contributed by atoms with Gasteiger partial charge < -0.3 is 5.73 Å². The van der Waals surface area contributed by atoms with Gasteiger partial charge in [0, 0.05) is 12.1 Å². The third-order valence-corrected chi connectivity index (χ3v) is 4.14. The van der Waals surface area contributed by atoms with Crippen LogP contribution in [-0.4, -0.2) is 44.7 Å². The predicted molar refractivity (Wildman–Crippen MR) is 81.5 cm³/mol. The highest BCUT2D eigenvalue weighted by Gasteiger charge is 2.32. The van der Waals surface area contributed by atoms with E-state index < -0.39 is 32.4 Å². The van der Waals surface area contributed by atoms with Gasteiger partial charge in [0.2, 0.25) is 0 Å². The predicted octanol–water partition coefficient (Wildman–Crippen LogP) is 1.65. The molecule has 7 nitrogen and oxygen atoms in total. The fraction of sp³-hybridized carbons (Fsp3) is 0.500. The van der Waals surface area contributed by atoms with Crippen LogP contribution in [0.4, 0.5) is 18.9 Å². The van der Waals surface area contributed by atoms with E-state index in [1.807, 2.05) is 0 Å². The highest BCUT2D eigenvalue weighted by molar-refractivity contribution is 7.85. The molecule has 0 atom stereocenters. The zero-order valence-electron chi connectivity index (χ0n) is 12.7. The Hall–Kier alpha value is -1.66. The molecule has 0 aliphatic carbocycles. The lowest BCUT2D eigenvalue weighted by atomic mass is 10.2. The van der Waals surface area contributed by atoms with Gasteiger partial charge in [-0.2, -0.15) is 21.6 Å². The molecule has 0 saturated carbocycles. The summed E-state index contributed by atoms with van der Waals surface area (Å²) < 4.78 is 86.3. The SMILES string of the molecule is C[N+](CCCCS(=O)(=O)O)=S(=O)=O.Nc1ccccc1C(F)(F)F. The smallest absolute Gasteiger partial charge is 0.398 e. The second kappa shape index (κ2) is 9.59. The third-order valence-electron chi connectivity index (χ3n) is 2.65. The Morgan fingerprint density at radius 1 is 1.21 bits per heavy atom. The number of nitrogen functional groups attached to an aromatic ring is 1. The number of nitrogens with two attached hydrogens (primary N) is 1. The molecule has 0 spiro atoms. The molecule has 0 unspecified atom stereocenters. The lowest BCUT2D eigenvalue weighted by molar-refractivity contribution is -0.472. The second-order valence-corrected chi connectivity index (χ2v) is 7.28. The van der Waals surface area contributed by atoms with Crippen molar-refractivity contribution in [2.45, 2.75) is 19.0 Å². The summed E-state index contributed by atoms with van der Waals surface area (Å²) in [5.41, 5.74) is 4.07. The molecule has 1 aromatic rings. The van der Waals surface area contributed by atoms with Gasteiger partial charge in [-0.3, -0.25) is 4.55 Å². The number of nitrogens with zero attached hydrogens (tertiary/aromatic N) is 1. The van der Waals surface area contributed by atoms with Crippen LogP contribution in [0.2, 0.25) is 0 Å². The third kappa shape index (κ3) is 10.2. The zero-order valence-corrected chi connectivity index (χ0v) is 14.3. The van der Waals surface area contributed by atoms with Crippen LogP contribution in [0.15, 0.2) is 24.3 Å². The molecular weight excluding hydrogens is 373 g/mol. The van der Waals surface area contributed by atoms with Crippen LogP contribution in [0.5, 0.6) is 0 Å². The molecule has 0 heterocycles. The number of hydrogen-bond acceptors (Lipinski definition) is 5. The van der Waals surface area contributed by atoms with E-state index in [4.69, 9.17) is 10.3 Å². The maximum absolute atomic E-state index is 12.0. The van der Waals surface area contributed by atoms with Crippen LogP contribution in [0.25, 0.3) is 0 Å². The van der Waals surface area contributed by atoms with Gasteiger partial charge in [-0.05, 0) is 18.6 Å². The Morgan fingerprint density at radius 2 is 1.75 bits per heavy atom. The fourth-order valence-electron chi connectivity index (χ4n) is 1.45. The van der Waals surface area contributed by atoms with Crippen LogP contribution >= 0.6 is 0 Å². The average molecular weight is 391 g/mol. The largest absolute Gasteiger partial charge is 0.458 e. The van der Waals surface area contributed by atoms with Crippen LogP contribution in [0.1, 0.15) is 18.4 Å². The Morgan fingerprint density at radius 3 is 2.12 bits per heavy atom. The molecule has 0 aromatic heterocycles. The highest BCUT2D eigenvalue weighted by Crippen LogP contribution is 2.32. The molecule has 24 heavy (non-hydrogen) atoms. The van der Waals surface area contributed by atoms with Crippen molar-refractivity contribution in [1.29, 1.82) is 0 Å². The summed E-state index contributed by atoms with van der Waals surface area (Å²) >= 11 is 0. The van der Waals surface area contributed by atoms with E-state index in [0.717, 1.165) is 10.0 Å². The Kier molecular flexibility index (Phi) is 8.93. The van der Waals surface area contributed by atoms with Gasteiger partial charge in [-0.1, -0.05) is 12.1 Å². The summed E-state index contributed by atoms with van der Waals surface area (Å²) in [6, 6.07) is 4.95. The van der Waals surface area contributed by atoms with Crippen LogP contribution in [0, 0.1) is 0 Å². The molecule has 3 N–H and O–H groups in total. The van der Waals surface area contributed by atoms with E-state index in [1.165, 1.54) is 25.2 Å². The topological polar surface area (TPSA) is 118 Å². The second-order valence-electron chi connectivity index (χ2n) is 4.65. The van der Waals surface area contributed by atoms with Crippen molar-refractivity contribution in [2.75, 3.05) is 25.1 Å². The molecule has 0 radical (unpaired) electrons. The minimum Gasteiger partial charge on any atom is -0.398 e. The molecule has 0 fully saturated rings. The highest BCUT2D eigenvalue weighted by atomic mass is 32.2. The minimum atomic E-state index is -4.34. The fourth-order valence-corrected chi connectivity index (χ4v) is 2.30. The molecule has 0 aliphatic heterocycles. The van der Waals surface area contributed by atoms with Gasteiger partial charge in [0.25, 0.3) is 10.1 Å². The first-order valence-corrected chi connectivity index (χ1v) is 9.16. The van der Waals surface area contributed by atoms with Crippen molar-refractivity contribution >= 4 is 26.3 Å². The number of alkyl halides is 3. The quantitative estimate of drug-likeness (QED) is 0.341. The van der Waals surface area contributed by atoms with Crippen molar-refractivity contribution in [3.05, 3.63) is 29.8 Å². The number of para-hydroxylation sites is 1. The molecule has 0 saturated heterocycles. The van der Waals surface area contributed by atoms with E-state index in [0.29, 0.717) is 6.42 Å². The first kappa shape index (κ1) is 22.3. The van der Waals surface area contributed by atoms with E-state index in [9.17, 15) is 30.0 Å². The van der Waals surface area contributed by atoms with E-state index >= 15 is 0 Å². The van der Waals surface area contributed by atoms with Crippen molar-refractivity contribution in [3.63, 3.8) is 0 Å². The van der Waals surface area contributed by atoms with Gasteiger partial charge in [0.15, 0.2) is 13.6 Å². The lowest BCUT2D eigenvalue weighted by Gasteiger charge is -2.07. The van der Waals surface area contributed by atoms with Gasteiger partial charge >= 0.3 is 16.7 Å². The summed E-state index contributed by atoms with van der Waals surface area (Å²) in [7, 11) is -4.79. The number of halogens is 3. The monoisotopic (exact) mass is 391 g/mol. The van der Waals surface area contributed by atoms with E-state index in [2.05, 4.69) is 0 Å². The number of benzene rings is 1. The van der Waals surface area contributed by atoms with E-state index in [-0.39, 0.29) is 24.4 Å². The van der Waals surface area contributed by atoms with Gasteiger partial charge in [0.05, 0.1) is 11.3 Å². The molecule has 1 aromatic carbocycles. The summed E-state index contributed by atoms with van der Waals surface area (Å²) in [5, 5.41) is 0. The first-order valence-electron chi connectivity index (χ1n) is 6.52. The molecule has 12 heteroatoms. The van der Waals surface area contributed by atoms with Crippen LogP contribution in [0.3, 0.4) is 0 Å². The van der Waals surface area contributed by atoms with Gasteiger partial charge in [0.1, 0.15) is 0 Å². The van der Waals surface area contributed by atoms with Crippen molar-refractivity contribution < 1.29 is 38.5 Å². The Balaban J connectivity index is 0.000000446. The molecule has 0 amide bonds. The maximum Gasteiger partial charge on any atom is 0.458 e. The number of hydrogen-bond donors (Lipinski definition) is 2. The minimum absolute atomic E-state index is 0.236. The molecule has 0 aliphatic rings. The molecule has 138 valence electrons. The number of unbranched alkanes of at least 4 members (excludes halogenated alkanes) is 1. The number of anilines is 1. The van der Waals surface area contributed by atoms with Crippen molar-refractivity contribution in [3.8, 4) is 0 Å². The zero-order chi connectivity index (χ0) is 19.0. The summed E-state index contributed by atoms with van der Waals surface area (Å²) in [6.45, 7) is 0.256. The van der Waals surface area contributed by atoms with Crippen molar-refractivity contribution in [2.24, 2.45) is 0 Å². The normalized spacial score (nSPS) is 11.4. The molecule has 1 rings (SSSR count). The van der Waals surface area contributed by atoms with Crippen LogP contribution in [-0.2, 0) is 26.8 Å². The summed E-state index contributed by atoms with van der Waals surface area (Å²) in [6.07, 6.45) is -3.68. The van der Waals surface area contributed by atoms with E-state index in [1.54, 1.807) is 0 Å². The van der Waals surface area contributed by atoms with Crippen LogP contribution < -0.4 is 5.73 Å². The number of rotatable bonds is 5. The van der Waals surface area contributed by atoms with Gasteiger partial charge in [-0.15, -0.1) is 12.4 Å². The average Bonchev–Trinajstić information content (AvgIpc) is 2.42. The Bertz CT molecular complexity index is 766. The van der Waals surface area contributed by atoms with Crippen molar-refractivity contribution in [1.82, 2.24) is 0 Å². The van der Waals surface area contributed by atoms with Gasteiger partial charge in [-0.25, -0.2) is 0 Å². The summed E-state index contributed by atoms with van der Waals surface area (Å²) in [4.78, 5) is 0. The first-order chi connectivity index (χ1) is 10.8. The summed E-state index contributed by atoms with van der Waals surface area (Å²) in [5.74, 6) is -0.327. The standard InChI is InChI=1S/C7H6F3N.C5H11NO5S2/c8-7(9,10)5-3-1-2-4-6(5)11;1-6(12(7)8)4-2-3-5-13(9,10)11/h1-4H,11H2;2-5H2,1H3/p+1. The molecular formula is C12H18F3N2O5S2+. The maximum atomic E-state index is 12.0. The Labute approximate surface area is 139 Å². The lowest BCUT2D eigenvalue weighted by Crippen LogP contribution is -2.09. The molecule has 0 bridgehead atoms.